The van der Waals surface area contributed by atoms with Crippen molar-refractivity contribution in [3.05, 3.63) is 22.1 Å². The van der Waals surface area contributed by atoms with Crippen LogP contribution in [-0.4, -0.2) is 11.1 Å². The number of rotatable bonds is 3. The first-order valence-corrected chi connectivity index (χ1v) is 4.77. The van der Waals surface area contributed by atoms with Crippen LogP contribution in [-0.2, 0) is 4.79 Å². The molecule has 0 aliphatic heterocycles. The van der Waals surface area contributed by atoms with Gasteiger partial charge in [-0.25, -0.2) is 0 Å². The van der Waals surface area contributed by atoms with Gasteiger partial charge in [0, 0.05) is 5.56 Å². The second-order valence-electron chi connectivity index (χ2n) is 3.09. The lowest BCUT2D eigenvalue weighted by Gasteiger charge is -2.05. The van der Waals surface area contributed by atoms with Crippen molar-refractivity contribution in [3.63, 3.8) is 0 Å². The maximum Gasteiger partial charge on any atom is 0.303 e. The fourth-order valence-electron chi connectivity index (χ4n) is 1.21. The SMILES string of the molecule is Cc1cc(C(C)CC(=O)O)c(Br)o1. The number of hydrogen-bond donors (Lipinski definition) is 1. The third-order valence-electron chi connectivity index (χ3n) is 1.85. The number of carboxylic acid groups (broad SMARTS) is 1. The Bertz CT molecular complexity index is 317. The van der Waals surface area contributed by atoms with Gasteiger partial charge in [-0.05, 0) is 34.8 Å². The molecule has 0 aromatic carbocycles. The summed E-state index contributed by atoms with van der Waals surface area (Å²) >= 11 is 3.25. The van der Waals surface area contributed by atoms with Gasteiger partial charge in [0.1, 0.15) is 5.76 Å². The molecule has 0 fully saturated rings. The molecule has 4 heteroatoms. The first-order valence-electron chi connectivity index (χ1n) is 3.98. The number of furan rings is 1. The Labute approximate surface area is 84.9 Å². The minimum atomic E-state index is -0.793. The summed E-state index contributed by atoms with van der Waals surface area (Å²) in [5.41, 5.74) is 0.917. The van der Waals surface area contributed by atoms with E-state index in [4.69, 9.17) is 9.52 Å². The van der Waals surface area contributed by atoms with E-state index in [1.54, 1.807) is 0 Å². The molecule has 1 heterocycles. The summed E-state index contributed by atoms with van der Waals surface area (Å²) in [7, 11) is 0. The average Bonchev–Trinajstić information content (AvgIpc) is 2.28. The van der Waals surface area contributed by atoms with Crippen molar-refractivity contribution in [1.29, 1.82) is 0 Å². The standard InChI is InChI=1S/C9H11BrO3/c1-5(3-8(11)12)7-4-6(2)13-9(7)10/h4-5H,3H2,1-2H3,(H,11,12). The Morgan fingerprint density at radius 3 is 2.77 bits per heavy atom. The van der Waals surface area contributed by atoms with Crippen molar-refractivity contribution < 1.29 is 14.3 Å². The largest absolute Gasteiger partial charge is 0.481 e. The van der Waals surface area contributed by atoms with Gasteiger partial charge in [0.15, 0.2) is 4.67 Å². The maximum atomic E-state index is 10.5. The van der Waals surface area contributed by atoms with Crippen molar-refractivity contribution in [1.82, 2.24) is 0 Å². The first kappa shape index (κ1) is 10.3. The van der Waals surface area contributed by atoms with E-state index in [0.29, 0.717) is 4.67 Å². The molecular weight excluding hydrogens is 236 g/mol. The lowest BCUT2D eigenvalue weighted by molar-refractivity contribution is -0.137. The minimum absolute atomic E-state index is 0.0238. The number of aryl methyl sites for hydroxylation is 1. The van der Waals surface area contributed by atoms with Crippen LogP contribution in [0.2, 0.25) is 0 Å². The van der Waals surface area contributed by atoms with Crippen LogP contribution >= 0.6 is 15.9 Å². The van der Waals surface area contributed by atoms with Crippen LogP contribution in [0.4, 0.5) is 0 Å². The Hall–Kier alpha value is -0.770. The van der Waals surface area contributed by atoms with Gasteiger partial charge in [0.05, 0.1) is 6.42 Å². The molecular formula is C9H11BrO3. The van der Waals surface area contributed by atoms with Crippen molar-refractivity contribution in [2.24, 2.45) is 0 Å². The van der Waals surface area contributed by atoms with Crippen LogP contribution in [0.5, 0.6) is 0 Å². The lowest BCUT2D eigenvalue weighted by atomic mass is 10.0. The molecule has 1 unspecified atom stereocenters. The number of carbonyl (C=O) groups is 1. The summed E-state index contributed by atoms with van der Waals surface area (Å²) in [4.78, 5) is 10.5. The van der Waals surface area contributed by atoms with Gasteiger partial charge in [0.25, 0.3) is 0 Å². The highest BCUT2D eigenvalue weighted by Gasteiger charge is 2.16. The third kappa shape index (κ3) is 2.59. The summed E-state index contributed by atoms with van der Waals surface area (Å²) in [6.45, 7) is 3.70. The third-order valence-corrected chi connectivity index (χ3v) is 2.47. The van der Waals surface area contributed by atoms with E-state index in [-0.39, 0.29) is 12.3 Å². The molecule has 1 rings (SSSR count). The van der Waals surface area contributed by atoms with Crippen LogP contribution < -0.4 is 0 Å². The number of hydrogen-bond acceptors (Lipinski definition) is 2. The zero-order valence-electron chi connectivity index (χ0n) is 7.50. The van der Waals surface area contributed by atoms with Gasteiger partial charge in [-0.15, -0.1) is 0 Å². The molecule has 72 valence electrons. The van der Waals surface area contributed by atoms with Gasteiger partial charge in [-0.3, -0.25) is 4.79 Å². The predicted octanol–water partition coefficient (Wildman–Crippen LogP) is 2.93. The highest BCUT2D eigenvalue weighted by Crippen LogP contribution is 2.29. The highest BCUT2D eigenvalue weighted by atomic mass is 79.9. The van der Waals surface area contributed by atoms with E-state index in [1.165, 1.54) is 0 Å². The number of carboxylic acids is 1. The Kier molecular flexibility index (Phi) is 3.14. The Morgan fingerprint density at radius 1 is 1.77 bits per heavy atom. The predicted molar refractivity (Wildman–Crippen MR) is 51.8 cm³/mol. The second-order valence-corrected chi connectivity index (χ2v) is 3.81. The molecule has 0 saturated carbocycles. The molecule has 13 heavy (non-hydrogen) atoms. The summed E-state index contributed by atoms with van der Waals surface area (Å²) in [6.07, 6.45) is 0.123. The Morgan fingerprint density at radius 2 is 2.38 bits per heavy atom. The zero-order chi connectivity index (χ0) is 10.0. The molecule has 1 aromatic rings. The molecule has 0 spiro atoms. The summed E-state index contributed by atoms with van der Waals surface area (Å²) in [5, 5.41) is 8.60. The summed E-state index contributed by atoms with van der Waals surface area (Å²) in [6, 6.07) is 1.86. The van der Waals surface area contributed by atoms with E-state index >= 15 is 0 Å². The molecule has 0 amide bonds. The van der Waals surface area contributed by atoms with Gasteiger partial charge < -0.3 is 9.52 Å². The van der Waals surface area contributed by atoms with Gasteiger partial charge >= 0.3 is 5.97 Å². The normalized spacial score (nSPS) is 12.8. The van der Waals surface area contributed by atoms with Gasteiger partial charge in [-0.1, -0.05) is 6.92 Å². The van der Waals surface area contributed by atoms with Crippen LogP contribution in [0.15, 0.2) is 15.2 Å². The number of aliphatic carboxylic acids is 1. The molecule has 0 aliphatic carbocycles. The van der Waals surface area contributed by atoms with E-state index in [2.05, 4.69) is 15.9 Å². The molecule has 0 bridgehead atoms. The average molecular weight is 247 g/mol. The fourth-order valence-corrected chi connectivity index (χ4v) is 1.97. The lowest BCUT2D eigenvalue weighted by Crippen LogP contribution is -2.02. The minimum Gasteiger partial charge on any atom is -0.481 e. The van der Waals surface area contributed by atoms with Gasteiger partial charge in [-0.2, -0.15) is 0 Å². The van der Waals surface area contributed by atoms with Crippen LogP contribution in [0.1, 0.15) is 30.6 Å². The number of halogens is 1. The van der Waals surface area contributed by atoms with E-state index in [9.17, 15) is 4.79 Å². The topological polar surface area (TPSA) is 50.4 Å². The molecule has 0 aliphatic rings. The van der Waals surface area contributed by atoms with E-state index in [0.717, 1.165) is 11.3 Å². The molecule has 0 radical (unpaired) electrons. The van der Waals surface area contributed by atoms with Gasteiger partial charge in [0.2, 0.25) is 0 Å². The van der Waals surface area contributed by atoms with Crippen molar-refractivity contribution in [3.8, 4) is 0 Å². The van der Waals surface area contributed by atoms with Crippen molar-refractivity contribution in [2.45, 2.75) is 26.2 Å². The van der Waals surface area contributed by atoms with Crippen LogP contribution in [0, 0.1) is 6.92 Å². The monoisotopic (exact) mass is 246 g/mol. The smallest absolute Gasteiger partial charge is 0.303 e. The van der Waals surface area contributed by atoms with E-state index < -0.39 is 5.97 Å². The van der Waals surface area contributed by atoms with E-state index in [1.807, 2.05) is 19.9 Å². The summed E-state index contributed by atoms with van der Waals surface area (Å²) < 4.78 is 5.88. The fraction of sp³-hybridized carbons (Fsp3) is 0.444. The van der Waals surface area contributed by atoms with Crippen molar-refractivity contribution in [2.75, 3.05) is 0 Å². The summed E-state index contributed by atoms with van der Waals surface area (Å²) in [5.74, 6) is -0.0262. The van der Waals surface area contributed by atoms with Crippen LogP contribution in [0.3, 0.4) is 0 Å². The molecule has 1 aromatic heterocycles. The molecule has 1 N–H and O–H groups in total. The first-order chi connectivity index (χ1) is 6.00. The van der Waals surface area contributed by atoms with Crippen molar-refractivity contribution >= 4 is 21.9 Å². The zero-order valence-corrected chi connectivity index (χ0v) is 9.09. The molecule has 0 saturated heterocycles. The van der Waals surface area contributed by atoms with Crippen LogP contribution in [0.25, 0.3) is 0 Å². The molecule has 3 nitrogen and oxygen atoms in total. The Balaban J connectivity index is 2.81. The maximum absolute atomic E-state index is 10.5. The molecule has 1 atom stereocenters. The quantitative estimate of drug-likeness (QED) is 0.893. The second kappa shape index (κ2) is 3.96. The highest BCUT2D eigenvalue weighted by molar-refractivity contribution is 9.10.